The van der Waals surface area contributed by atoms with Crippen molar-refractivity contribution in [1.29, 1.82) is 0 Å². The van der Waals surface area contributed by atoms with Gasteiger partial charge in [0.05, 0.1) is 0 Å². The highest BCUT2D eigenvalue weighted by atomic mass is 15.2. The van der Waals surface area contributed by atoms with Crippen LogP contribution in [0.3, 0.4) is 0 Å². The van der Waals surface area contributed by atoms with Crippen LogP contribution in [0.5, 0.6) is 0 Å². The zero-order valence-electron chi connectivity index (χ0n) is 12.0. The van der Waals surface area contributed by atoms with Crippen LogP contribution in [-0.4, -0.2) is 43.5 Å². The summed E-state index contributed by atoms with van der Waals surface area (Å²) in [6.07, 6.45) is 2.65. The van der Waals surface area contributed by atoms with E-state index in [0.717, 1.165) is 6.54 Å². The molecule has 0 bridgehead atoms. The van der Waals surface area contributed by atoms with Gasteiger partial charge < -0.3 is 4.90 Å². The third kappa shape index (κ3) is 3.33. The summed E-state index contributed by atoms with van der Waals surface area (Å²) in [6, 6.07) is 10.8. The summed E-state index contributed by atoms with van der Waals surface area (Å²) in [5, 5.41) is 0. The first kappa shape index (κ1) is 13.6. The summed E-state index contributed by atoms with van der Waals surface area (Å²) in [5.41, 5.74) is 2.02. The predicted molar refractivity (Wildman–Crippen MR) is 77.6 cm³/mol. The van der Waals surface area contributed by atoms with E-state index in [-0.39, 0.29) is 0 Å². The zero-order valence-corrected chi connectivity index (χ0v) is 12.0. The number of nitrogens with zero attached hydrogens (tertiary/aromatic N) is 2. The van der Waals surface area contributed by atoms with Crippen LogP contribution in [0.1, 0.15) is 25.3 Å². The van der Waals surface area contributed by atoms with Gasteiger partial charge in [0.2, 0.25) is 0 Å². The Bertz CT molecular complexity index is 353. The van der Waals surface area contributed by atoms with Crippen LogP contribution in [0, 0.1) is 5.41 Å². The average Bonchev–Trinajstić information content (AvgIpc) is 2.33. The van der Waals surface area contributed by atoms with Crippen LogP contribution in [0.15, 0.2) is 30.3 Å². The second kappa shape index (κ2) is 5.85. The van der Waals surface area contributed by atoms with Crippen LogP contribution in [0.4, 0.5) is 0 Å². The van der Waals surface area contributed by atoms with Crippen molar-refractivity contribution in [2.75, 3.05) is 33.7 Å². The summed E-state index contributed by atoms with van der Waals surface area (Å²) < 4.78 is 0. The number of rotatable bonds is 6. The van der Waals surface area contributed by atoms with Gasteiger partial charge in [-0.1, -0.05) is 37.3 Å². The molecule has 1 aliphatic heterocycles. The first-order valence-electron chi connectivity index (χ1n) is 7.04. The quantitative estimate of drug-likeness (QED) is 0.761. The molecule has 18 heavy (non-hydrogen) atoms. The zero-order chi connectivity index (χ0) is 13.0. The molecule has 2 rings (SSSR count). The van der Waals surface area contributed by atoms with Gasteiger partial charge in [0.1, 0.15) is 0 Å². The van der Waals surface area contributed by atoms with E-state index < -0.39 is 0 Å². The largest absolute Gasteiger partial charge is 0.309 e. The van der Waals surface area contributed by atoms with Gasteiger partial charge in [0.15, 0.2) is 0 Å². The summed E-state index contributed by atoms with van der Waals surface area (Å²) in [4.78, 5) is 4.88. The van der Waals surface area contributed by atoms with Crippen LogP contribution in [-0.2, 0) is 6.54 Å². The number of benzene rings is 1. The third-order valence-electron chi connectivity index (χ3n) is 4.21. The molecule has 0 spiro atoms. The summed E-state index contributed by atoms with van der Waals surface area (Å²) in [6.45, 7) is 7.21. The molecule has 1 saturated heterocycles. The smallest absolute Gasteiger partial charge is 0.0234 e. The van der Waals surface area contributed by atoms with E-state index in [1.807, 2.05) is 0 Å². The lowest BCUT2D eigenvalue weighted by Crippen LogP contribution is -2.56. The molecule has 100 valence electrons. The van der Waals surface area contributed by atoms with Crippen molar-refractivity contribution in [2.45, 2.75) is 26.3 Å². The fraction of sp³-hybridized carbons (Fsp3) is 0.625. The average molecular weight is 246 g/mol. The van der Waals surface area contributed by atoms with Crippen LogP contribution in [0.2, 0.25) is 0 Å². The Labute approximate surface area is 112 Å². The molecule has 2 nitrogen and oxygen atoms in total. The summed E-state index contributed by atoms with van der Waals surface area (Å²) >= 11 is 0. The lowest BCUT2D eigenvalue weighted by molar-refractivity contribution is -0.0196. The SMILES string of the molecule is CCC1(CCN(C)C)CN(Cc2ccccc2)C1. The van der Waals surface area contributed by atoms with Crippen molar-refractivity contribution in [3.63, 3.8) is 0 Å². The lowest BCUT2D eigenvalue weighted by atomic mass is 9.74. The minimum absolute atomic E-state index is 0.582. The van der Waals surface area contributed by atoms with E-state index in [2.05, 4.69) is 61.2 Å². The Kier molecular flexibility index (Phi) is 4.41. The van der Waals surface area contributed by atoms with E-state index in [4.69, 9.17) is 0 Å². The van der Waals surface area contributed by atoms with Gasteiger partial charge in [0, 0.05) is 19.6 Å². The Hall–Kier alpha value is -0.860. The molecule has 1 fully saturated rings. The van der Waals surface area contributed by atoms with Crippen molar-refractivity contribution in [3.05, 3.63) is 35.9 Å². The normalized spacial score (nSPS) is 18.9. The molecule has 0 saturated carbocycles. The Morgan fingerprint density at radius 1 is 1.17 bits per heavy atom. The molecule has 0 N–H and O–H groups in total. The standard InChI is InChI=1S/C16H26N2/c1-4-16(10-11-17(2)3)13-18(14-16)12-15-8-6-5-7-9-15/h5-9H,4,10-14H2,1-3H3. The third-order valence-corrected chi connectivity index (χ3v) is 4.21. The van der Waals surface area contributed by atoms with E-state index in [9.17, 15) is 0 Å². The molecule has 0 atom stereocenters. The maximum Gasteiger partial charge on any atom is 0.0234 e. The van der Waals surface area contributed by atoms with Gasteiger partial charge in [-0.25, -0.2) is 0 Å². The number of likely N-dealkylation sites (tertiary alicyclic amines) is 1. The van der Waals surface area contributed by atoms with Crippen LogP contribution in [0.25, 0.3) is 0 Å². The number of hydrogen-bond donors (Lipinski definition) is 0. The molecule has 0 unspecified atom stereocenters. The molecular formula is C16H26N2. The van der Waals surface area contributed by atoms with E-state index in [0.29, 0.717) is 5.41 Å². The van der Waals surface area contributed by atoms with Crippen molar-refractivity contribution >= 4 is 0 Å². The van der Waals surface area contributed by atoms with Gasteiger partial charge in [-0.2, -0.15) is 0 Å². The van der Waals surface area contributed by atoms with Gasteiger partial charge in [-0.05, 0) is 44.5 Å². The fourth-order valence-electron chi connectivity index (χ4n) is 2.88. The Morgan fingerprint density at radius 2 is 1.83 bits per heavy atom. The van der Waals surface area contributed by atoms with E-state index >= 15 is 0 Å². The Morgan fingerprint density at radius 3 is 2.39 bits per heavy atom. The highest BCUT2D eigenvalue weighted by molar-refractivity contribution is 5.15. The van der Waals surface area contributed by atoms with E-state index in [1.54, 1.807) is 0 Å². The predicted octanol–water partition coefficient (Wildman–Crippen LogP) is 2.85. The first-order chi connectivity index (χ1) is 8.63. The van der Waals surface area contributed by atoms with Gasteiger partial charge in [-0.3, -0.25) is 4.90 Å². The molecule has 2 heteroatoms. The molecule has 0 radical (unpaired) electrons. The van der Waals surface area contributed by atoms with E-state index in [1.165, 1.54) is 38.0 Å². The van der Waals surface area contributed by atoms with Gasteiger partial charge in [-0.15, -0.1) is 0 Å². The highest BCUT2D eigenvalue weighted by Gasteiger charge is 2.40. The van der Waals surface area contributed by atoms with Crippen molar-refractivity contribution < 1.29 is 0 Å². The van der Waals surface area contributed by atoms with Gasteiger partial charge >= 0.3 is 0 Å². The van der Waals surface area contributed by atoms with Gasteiger partial charge in [0.25, 0.3) is 0 Å². The molecular weight excluding hydrogens is 220 g/mol. The molecule has 0 amide bonds. The van der Waals surface area contributed by atoms with Crippen molar-refractivity contribution in [1.82, 2.24) is 9.80 Å². The topological polar surface area (TPSA) is 6.48 Å². The molecule has 1 aromatic carbocycles. The molecule has 1 heterocycles. The monoisotopic (exact) mass is 246 g/mol. The lowest BCUT2D eigenvalue weighted by Gasteiger charge is -2.51. The highest BCUT2D eigenvalue weighted by Crippen LogP contribution is 2.38. The van der Waals surface area contributed by atoms with Crippen molar-refractivity contribution in [3.8, 4) is 0 Å². The minimum Gasteiger partial charge on any atom is -0.309 e. The first-order valence-corrected chi connectivity index (χ1v) is 7.04. The summed E-state index contributed by atoms with van der Waals surface area (Å²) in [7, 11) is 4.34. The van der Waals surface area contributed by atoms with Crippen LogP contribution >= 0.6 is 0 Å². The molecule has 1 aromatic rings. The Balaban J connectivity index is 1.80. The van der Waals surface area contributed by atoms with Crippen molar-refractivity contribution in [2.24, 2.45) is 5.41 Å². The van der Waals surface area contributed by atoms with Crippen LogP contribution < -0.4 is 0 Å². The minimum atomic E-state index is 0.582. The maximum absolute atomic E-state index is 2.58. The summed E-state index contributed by atoms with van der Waals surface area (Å²) in [5.74, 6) is 0. The molecule has 0 aliphatic carbocycles. The fourth-order valence-corrected chi connectivity index (χ4v) is 2.88. The maximum atomic E-state index is 2.58. The molecule has 0 aromatic heterocycles. The second-order valence-corrected chi connectivity index (χ2v) is 6.04. The molecule has 1 aliphatic rings. The second-order valence-electron chi connectivity index (χ2n) is 6.04. The number of hydrogen-bond acceptors (Lipinski definition) is 2.